The van der Waals surface area contributed by atoms with Crippen molar-refractivity contribution in [1.29, 1.82) is 5.26 Å². The van der Waals surface area contributed by atoms with Gasteiger partial charge in [-0.15, -0.1) is 0 Å². The summed E-state index contributed by atoms with van der Waals surface area (Å²) in [5.41, 5.74) is 3.22. The first-order valence-corrected chi connectivity index (χ1v) is 12.6. The second-order valence-corrected chi connectivity index (χ2v) is 10.6. The molecule has 5 rings (SSSR count). The monoisotopic (exact) mass is 472 g/mol. The zero-order chi connectivity index (χ0) is 23.7. The van der Waals surface area contributed by atoms with Crippen LogP contribution in [0.4, 0.5) is 17.2 Å². The molecule has 1 atom stereocenters. The Morgan fingerprint density at radius 2 is 1.79 bits per heavy atom. The average molecular weight is 473 g/mol. The summed E-state index contributed by atoms with van der Waals surface area (Å²) in [5, 5.41) is 17.4. The fourth-order valence-electron chi connectivity index (χ4n) is 4.65. The van der Waals surface area contributed by atoms with Gasteiger partial charge < -0.3 is 5.32 Å². The number of aromatic nitrogens is 1. The van der Waals surface area contributed by atoms with E-state index in [0.717, 1.165) is 48.9 Å². The molecule has 3 heterocycles. The Bertz CT molecular complexity index is 1250. The molecular weight excluding hydrogens is 444 g/mol. The van der Waals surface area contributed by atoms with Crippen molar-refractivity contribution in [1.82, 2.24) is 15.3 Å². The molecule has 0 aliphatic carbocycles. The number of nitrogens with one attached hydrogen (secondary N) is 1. The molecule has 1 fully saturated rings. The molecule has 1 unspecified atom stereocenters. The van der Waals surface area contributed by atoms with Gasteiger partial charge in [0, 0.05) is 56.0 Å². The number of hydrogen-bond donors (Lipinski definition) is 1. The van der Waals surface area contributed by atoms with Crippen molar-refractivity contribution < 1.29 is 4.21 Å². The maximum Gasteiger partial charge on any atom is 0.154 e. The summed E-state index contributed by atoms with van der Waals surface area (Å²) >= 11 is 0. The van der Waals surface area contributed by atoms with Crippen molar-refractivity contribution in [3.05, 3.63) is 78.0 Å². The van der Waals surface area contributed by atoms with Gasteiger partial charge in [0.15, 0.2) is 11.0 Å². The predicted molar refractivity (Wildman–Crippen MR) is 135 cm³/mol. The van der Waals surface area contributed by atoms with Crippen LogP contribution >= 0.6 is 0 Å². The summed E-state index contributed by atoms with van der Waals surface area (Å²) < 4.78 is 15.7. The molecule has 0 spiro atoms. The fraction of sp³-hybridized carbons (Fsp3) is 0.308. The van der Waals surface area contributed by atoms with Crippen molar-refractivity contribution in [2.24, 2.45) is 0 Å². The maximum absolute atomic E-state index is 13.8. The van der Waals surface area contributed by atoms with Crippen molar-refractivity contribution in [2.75, 3.05) is 42.0 Å². The van der Waals surface area contributed by atoms with E-state index in [1.807, 2.05) is 40.8 Å². The van der Waals surface area contributed by atoms with E-state index in [-0.39, 0.29) is 5.41 Å². The molecule has 174 valence electrons. The lowest BCUT2D eigenvalue weighted by Crippen LogP contribution is -2.51. The second-order valence-electron chi connectivity index (χ2n) is 9.19. The molecule has 3 aromatic rings. The molecule has 1 N–H and O–H groups in total. The summed E-state index contributed by atoms with van der Waals surface area (Å²) in [7, 11) is -1.51. The lowest BCUT2D eigenvalue weighted by Gasteiger charge is -2.38. The Kier molecular flexibility index (Phi) is 6.09. The largest absolute Gasteiger partial charge is 0.314 e. The van der Waals surface area contributed by atoms with Gasteiger partial charge in [-0.1, -0.05) is 44.2 Å². The van der Waals surface area contributed by atoms with Crippen LogP contribution in [0.2, 0.25) is 0 Å². The highest BCUT2D eigenvalue weighted by molar-refractivity contribution is 7.86. The smallest absolute Gasteiger partial charge is 0.154 e. The number of anilines is 3. The highest BCUT2D eigenvalue weighted by atomic mass is 32.2. The van der Waals surface area contributed by atoms with Crippen LogP contribution in [0.1, 0.15) is 25.0 Å². The number of nitrogens with zero attached hydrogens (tertiary/aromatic N) is 5. The van der Waals surface area contributed by atoms with Crippen LogP contribution in [0.15, 0.2) is 71.8 Å². The molecule has 0 amide bonds. The Morgan fingerprint density at radius 3 is 2.53 bits per heavy atom. The molecule has 34 heavy (non-hydrogen) atoms. The van der Waals surface area contributed by atoms with Crippen LogP contribution in [0.5, 0.6) is 0 Å². The number of nitriles is 1. The summed E-state index contributed by atoms with van der Waals surface area (Å²) in [6, 6.07) is 21.6. The predicted octanol–water partition coefficient (Wildman–Crippen LogP) is 3.73. The number of para-hydroxylation sites is 1. The minimum Gasteiger partial charge on any atom is -0.314 e. The number of rotatable bonds is 5. The normalized spacial score (nSPS) is 18.2. The van der Waals surface area contributed by atoms with E-state index in [0.29, 0.717) is 17.0 Å². The van der Waals surface area contributed by atoms with Gasteiger partial charge in [0.2, 0.25) is 0 Å². The minimum atomic E-state index is -1.51. The molecule has 2 aromatic carbocycles. The van der Waals surface area contributed by atoms with E-state index < -0.39 is 11.0 Å². The topological polar surface area (TPSA) is 75.5 Å². The summed E-state index contributed by atoms with van der Waals surface area (Å²) in [6.45, 7) is 8.41. The van der Waals surface area contributed by atoms with Crippen LogP contribution in [0.25, 0.3) is 0 Å². The van der Waals surface area contributed by atoms with Crippen molar-refractivity contribution >= 4 is 28.2 Å². The second kappa shape index (κ2) is 9.18. The van der Waals surface area contributed by atoms with E-state index in [1.165, 1.54) is 0 Å². The van der Waals surface area contributed by atoms with E-state index in [2.05, 4.69) is 47.4 Å². The summed E-state index contributed by atoms with van der Waals surface area (Å²) in [5.74, 6) is 0.792. The van der Waals surface area contributed by atoms with Crippen molar-refractivity contribution in [2.45, 2.75) is 24.2 Å². The molecule has 2 aliphatic heterocycles. The SMILES string of the molecule is CC1(C)CN(S(=O)c2ccccc2C#N)c2cc(N(c3ccccc3)N3CCNCC3)ncc21. The van der Waals surface area contributed by atoms with Crippen LogP contribution in [0.3, 0.4) is 0 Å². The first-order chi connectivity index (χ1) is 16.5. The van der Waals surface area contributed by atoms with Gasteiger partial charge in [-0.25, -0.2) is 14.2 Å². The van der Waals surface area contributed by atoms with Gasteiger partial charge in [0.05, 0.1) is 21.8 Å². The minimum absolute atomic E-state index is 0.218. The van der Waals surface area contributed by atoms with Gasteiger partial charge >= 0.3 is 0 Å². The van der Waals surface area contributed by atoms with Gasteiger partial charge in [0.25, 0.3) is 0 Å². The summed E-state index contributed by atoms with van der Waals surface area (Å²) in [6.07, 6.45) is 1.93. The van der Waals surface area contributed by atoms with Gasteiger partial charge in [-0.2, -0.15) is 5.26 Å². The lowest BCUT2D eigenvalue weighted by atomic mass is 9.88. The Hall–Kier alpha value is -3.25. The molecular formula is C26H28N6OS. The van der Waals surface area contributed by atoms with E-state index >= 15 is 0 Å². The molecule has 7 nitrogen and oxygen atoms in total. The van der Waals surface area contributed by atoms with Crippen molar-refractivity contribution in [3.63, 3.8) is 0 Å². The summed E-state index contributed by atoms with van der Waals surface area (Å²) in [4.78, 5) is 5.42. The van der Waals surface area contributed by atoms with Crippen molar-refractivity contribution in [3.8, 4) is 6.07 Å². The van der Waals surface area contributed by atoms with Gasteiger partial charge in [-0.3, -0.25) is 9.31 Å². The highest BCUT2D eigenvalue weighted by Gasteiger charge is 2.39. The lowest BCUT2D eigenvalue weighted by molar-refractivity contribution is 0.242. The fourth-order valence-corrected chi connectivity index (χ4v) is 6.15. The number of fused-ring (bicyclic) bond motifs is 1. The zero-order valence-electron chi connectivity index (χ0n) is 19.4. The molecule has 0 bridgehead atoms. The number of hydrogen-bond acceptors (Lipinski definition) is 6. The maximum atomic E-state index is 13.8. The Morgan fingerprint density at radius 1 is 1.09 bits per heavy atom. The molecule has 8 heteroatoms. The van der Waals surface area contributed by atoms with Gasteiger partial charge in [0.1, 0.15) is 11.9 Å². The molecule has 0 radical (unpaired) electrons. The third kappa shape index (κ3) is 4.07. The molecule has 1 saturated heterocycles. The number of pyridine rings is 1. The van der Waals surface area contributed by atoms with Crippen LogP contribution in [0, 0.1) is 11.3 Å². The Balaban J connectivity index is 1.59. The van der Waals surface area contributed by atoms with E-state index in [1.54, 1.807) is 18.2 Å². The standard InChI is InChI=1S/C26H28N6OS/c1-26(2)19-31(34(33)24-11-7-6-8-20(24)17-27)23-16-25(29-18-22(23)26)32(21-9-4-3-5-10-21)30-14-12-28-13-15-30/h3-11,16,18,28H,12-15,19H2,1-2H3. The van der Waals surface area contributed by atoms with E-state index in [4.69, 9.17) is 4.98 Å². The Labute approximate surface area is 203 Å². The average Bonchev–Trinajstić information content (AvgIpc) is 3.15. The molecule has 1 aromatic heterocycles. The van der Waals surface area contributed by atoms with Crippen LogP contribution < -0.4 is 14.6 Å². The number of hydrazine groups is 1. The first kappa shape index (κ1) is 22.5. The quantitative estimate of drug-likeness (QED) is 0.610. The third-order valence-electron chi connectivity index (χ3n) is 6.39. The van der Waals surface area contributed by atoms with Crippen LogP contribution in [-0.2, 0) is 16.4 Å². The van der Waals surface area contributed by atoms with Crippen LogP contribution in [-0.4, -0.2) is 46.9 Å². The molecule has 0 saturated carbocycles. The number of piperazine rings is 1. The zero-order valence-corrected chi connectivity index (χ0v) is 20.3. The van der Waals surface area contributed by atoms with Gasteiger partial charge in [-0.05, 0) is 24.3 Å². The number of benzene rings is 2. The highest BCUT2D eigenvalue weighted by Crippen LogP contribution is 2.44. The third-order valence-corrected chi connectivity index (χ3v) is 7.85. The molecule has 2 aliphatic rings. The first-order valence-electron chi connectivity index (χ1n) is 11.5. The van der Waals surface area contributed by atoms with E-state index in [9.17, 15) is 9.47 Å².